The van der Waals surface area contributed by atoms with Gasteiger partial charge in [0.15, 0.2) is 0 Å². The van der Waals surface area contributed by atoms with Crippen molar-refractivity contribution in [3.63, 3.8) is 0 Å². The average Bonchev–Trinajstić information content (AvgIpc) is 2.66. The summed E-state index contributed by atoms with van der Waals surface area (Å²) in [5.74, 6) is -0.913. The van der Waals surface area contributed by atoms with Gasteiger partial charge in [-0.15, -0.1) is 0 Å². The molecule has 0 heterocycles. The lowest BCUT2D eigenvalue weighted by atomic mass is 10.1. The van der Waals surface area contributed by atoms with Gasteiger partial charge in [-0.2, -0.15) is 0 Å². The molecule has 112 valence electrons. The van der Waals surface area contributed by atoms with E-state index in [9.17, 15) is 8.78 Å². The number of rotatable bonds is 4. The maximum atomic E-state index is 14.2. The molecule has 1 aromatic carbocycles. The summed E-state index contributed by atoms with van der Waals surface area (Å²) in [4.78, 5) is 1.80. The smallest absolute Gasteiger partial charge is 0.149 e. The van der Waals surface area contributed by atoms with Crippen LogP contribution in [0.1, 0.15) is 44.1 Å². The molecule has 0 atom stereocenters. The largest absolute Gasteiger partial charge is 0.367 e. The Balaban J connectivity index is 2.22. The lowest BCUT2D eigenvalue weighted by molar-refractivity contribution is 0.516. The van der Waals surface area contributed by atoms with Gasteiger partial charge in [0.2, 0.25) is 0 Å². The molecule has 0 aliphatic heterocycles. The molecule has 0 aromatic heterocycles. The van der Waals surface area contributed by atoms with Crippen LogP contribution >= 0.6 is 0 Å². The van der Waals surface area contributed by atoms with Crippen LogP contribution in [0.2, 0.25) is 0 Å². The number of benzene rings is 1. The molecular formula is C16H24F2N2. The minimum atomic E-state index is -0.456. The van der Waals surface area contributed by atoms with Crippen molar-refractivity contribution in [1.29, 1.82) is 0 Å². The number of nitrogens with zero attached hydrogens (tertiary/aromatic N) is 1. The number of nitrogens with one attached hydrogen (secondary N) is 1. The van der Waals surface area contributed by atoms with Gasteiger partial charge in [-0.3, -0.25) is 0 Å². The predicted octanol–water partition coefficient (Wildman–Crippen LogP) is 3.84. The monoisotopic (exact) mass is 282 g/mol. The van der Waals surface area contributed by atoms with Crippen molar-refractivity contribution >= 4 is 5.69 Å². The molecule has 0 spiro atoms. The molecule has 0 radical (unpaired) electrons. The highest BCUT2D eigenvalue weighted by atomic mass is 19.1. The summed E-state index contributed by atoms with van der Waals surface area (Å²) in [6.45, 7) is 0.473. The average molecular weight is 282 g/mol. The Morgan fingerprint density at radius 2 is 1.65 bits per heavy atom. The van der Waals surface area contributed by atoms with Crippen LogP contribution in [0, 0.1) is 11.6 Å². The van der Waals surface area contributed by atoms with Gasteiger partial charge in [0.25, 0.3) is 0 Å². The fourth-order valence-electron chi connectivity index (χ4n) is 3.09. The summed E-state index contributed by atoms with van der Waals surface area (Å²) >= 11 is 0. The molecule has 2 nitrogen and oxygen atoms in total. The Labute approximate surface area is 120 Å². The standard InChI is InChI=1S/C16H24F2N2/c1-19-11-12-9-14(17)16(15(18)10-12)20(2)13-7-5-3-4-6-8-13/h9-10,13,19H,3-8,11H2,1-2H3. The Morgan fingerprint density at radius 1 is 1.10 bits per heavy atom. The van der Waals surface area contributed by atoms with Crippen LogP contribution < -0.4 is 10.2 Å². The number of anilines is 1. The highest BCUT2D eigenvalue weighted by Gasteiger charge is 2.22. The van der Waals surface area contributed by atoms with Crippen molar-refractivity contribution in [2.45, 2.75) is 51.1 Å². The molecule has 1 N–H and O–H groups in total. The predicted molar refractivity (Wildman–Crippen MR) is 79.0 cm³/mol. The zero-order valence-electron chi connectivity index (χ0n) is 12.4. The third kappa shape index (κ3) is 3.48. The molecule has 0 saturated heterocycles. The molecule has 1 saturated carbocycles. The Bertz CT molecular complexity index is 417. The summed E-state index contributed by atoms with van der Waals surface area (Å²) < 4.78 is 28.5. The van der Waals surface area contributed by atoms with E-state index >= 15 is 0 Å². The minimum absolute atomic E-state index is 0.122. The molecule has 1 fully saturated rings. The zero-order chi connectivity index (χ0) is 14.5. The van der Waals surface area contributed by atoms with E-state index in [4.69, 9.17) is 0 Å². The first kappa shape index (κ1) is 15.2. The van der Waals surface area contributed by atoms with E-state index in [1.54, 1.807) is 11.9 Å². The number of halogens is 2. The van der Waals surface area contributed by atoms with Crippen LogP contribution in [0.25, 0.3) is 0 Å². The highest BCUT2D eigenvalue weighted by Crippen LogP contribution is 2.30. The first-order chi connectivity index (χ1) is 9.63. The van der Waals surface area contributed by atoms with Crippen molar-refractivity contribution in [1.82, 2.24) is 5.32 Å². The number of hydrogen-bond donors (Lipinski definition) is 1. The lowest BCUT2D eigenvalue weighted by Crippen LogP contribution is -2.32. The summed E-state index contributed by atoms with van der Waals surface area (Å²) in [6, 6.07) is 3.11. The third-order valence-corrected chi connectivity index (χ3v) is 4.18. The van der Waals surface area contributed by atoms with E-state index < -0.39 is 11.6 Å². The fraction of sp³-hybridized carbons (Fsp3) is 0.625. The SMILES string of the molecule is CNCc1cc(F)c(N(C)C2CCCCCC2)c(F)c1. The summed E-state index contributed by atoms with van der Waals surface area (Å²) in [5.41, 5.74) is 0.761. The van der Waals surface area contributed by atoms with Crippen molar-refractivity contribution in [2.75, 3.05) is 19.0 Å². The van der Waals surface area contributed by atoms with Gasteiger partial charge in [-0.25, -0.2) is 8.78 Å². The molecule has 0 bridgehead atoms. The molecule has 1 aromatic rings. The normalized spacial score (nSPS) is 17.0. The Hall–Kier alpha value is -1.16. The molecule has 0 amide bonds. The van der Waals surface area contributed by atoms with E-state index in [1.165, 1.54) is 25.0 Å². The molecule has 2 rings (SSSR count). The van der Waals surface area contributed by atoms with Crippen LogP contribution in [0.5, 0.6) is 0 Å². The van der Waals surface area contributed by atoms with E-state index in [2.05, 4.69) is 5.32 Å². The van der Waals surface area contributed by atoms with E-state index in [0.717, 1.165) is 25.7 Å². The van der Waals surface area contributed by atoms with Crippen molar-refractivity contribution in [2.24, 2.45) is 0 Å². The van der Waals surface area contributed by atoms with Crippen molar-refractivity contribution in [3.8, 4) is 0 Å². The third-order valence-electron chi connectivity index (χ3n) is 4.18. The first-order valence-corrected chi connectivity index (χ1v) is 7.49. The van der Waals surface area contributed by atoms with E-state index in [-0.39, 0.29) is 11.7 Å². The first-order valence-electron chi connectivity index (χ1n) is 7.49. The Morgan fingerprint density at radius 3 is 2.15 bits per heavy atom. The van der Waals surface area contributed by atoms with Crippen LogP contribution in [0.15, 0.2) is 12.1 Å². The lowest BCUT2D eigenvalue weighted by Gasteiger charge is -2.30. The Kier molecular flexibility index (Phi) is 5.35. The second-order valence-corrected chi connectivity index (χ2v) is 5.69. The summed E-state index contributed by atoms with van der Waals surface area (Å²) in [6.07, 6.45) is 6.81. The van der Waals surface area contributed by atoms with E-state index in [1.807, 2.05) is 7.05 Å². The van der Waals surface area contributed by atoms with Crippen molar-refractivity contribution < 1.29 is 8.78 Å². The molecule has 4 heteroatoms. The summed E-state index contributed by atoms with van der Waals surface area (Å²) in [7, 11) is 3.58. The maximum absolute atomic E-state index is 14.2. The van der Waals surface area contributed by atoms with Gasteiger partial charge in [0, 0.05) is 19.6 Å². The van der Waals surface area contributed by atoms with Crippen LogP contribution in [-0.2, 0) is 6.54 Å². The van der Waals surface area contributed by atoms with Gasteiger partial charge in [0.05, 0.1) is 0 Å². The number of hydrogen-bond acceptors (Lipinski definition) is 2. The van der Waals surface area contributed by atoms with Gasteiger partial charge in [-0.1, -0.05) is 25.7 Å². The fourth-order valence-corrected chi connectivity index (χ4v) is 3.09. The van der Waals surface area contributed by atoms with Crippen molar-refractivity contribution in [3.05, 3.63) is 29.3 Å². The van der Waals surface area contributed by atoms with Gasteiger partial charge >= 0.3 is 0 Å². The van der Waals surface area contributed by atoms with Crippen LogP contribution in [0.4, 0.5) is 14.5 Å². The second kappa shape index (κ2) is 7.02. The molecule has 20 heavy (non-hydrogen) atoms. The zero-order valence-corrected chi connectivity index (χ0v) is 12.4. The van der Waals surface area contributed by atoms with Crippen LogP contribution in [-0.4, -0.2) is 20.1 Å². The summed E-state index contributed by atoms with van der Waals surface area (Å²) in [5, 5.41) is 2.91. The van der Waals surface area contributed by atoms with Crippen LogP contribution in [0.3, 0.4) is 0 Å². The molecule has 1 aliphatic rings. The molecule has 1 aliphatic carbocycles. The minimum Gasteiger partial charge on any atom is -0.367 e. The van der Waals surface area contributed by atoms with Gasteiger partial charge in [-0.05, 0) is 37.6 Å². The van der Waals surface area contributed by atoms with E-state index in [0.29, 0.717) is 12.1 Å². The highest BCUT2D eigenvalue weighted by molar-refractivity contribution is 5.51. The second-order valence-electron chi connectivity index (χ2n) is 5.69. The molecular weight excluding hydrogens is 258 g/mol. The topological polar surface area (TPSA) is 15.3 Å². The molecule has 0 unspecified atom stereocenters. The maximum Gasteiger partial charge on any atom is 0.149 e. The van der Waals surface area contributed by atoms with Gasteiger partial charge < -0.3 is 10.2 Å². The quantitative estimate of drug-likeness (QED) is 0.844. The van der Waals surface area contributed by atoms with Gasteiger partial charge in [0.1, 0.15) is 17.3 Å².